The number of carbonyl (C=O) groups excluding carboxylic acids is 1. The second-order valence-electron chi connectivity index (χ2n) is 5.80. The molecular weight excluding hydrogens is 238 g/mol. The van der Waals surface area contributed by atoms with E-state index in [1.54, 1.807) is 0 Å². The lowest BCUT2D eigenvalue weighted by molar-refractivity contribution is 0.0570. The molecule has 0 bridgehead atoms. The molecule has 104 valence electrons. The SMILES string of the molecule is CN1CCN(C(=O)NCc2ccccc2)CC1(C)C. The summed E-state index contributed by atoms with van der Waals surface area (Å²) in [6, 6.07) is 10.0. The van der Waals surface area contributed by atoms with Crippen LogP contribution in [0.25, 0.3) is 0 Å². The van der Waals surface area contributed by atoms with Gasteiger partial charge < -0.3 is 10.2 Å². The van der Waals surface area contributed by atoms with Crippen LogP contribution in [0.1, 0.15) is 19.4 Å². The van der Waals surface area contributed by atoms with Crippen LogP contribution in [0.4, 0.5) is 4.79 Å². The summed E-state index contributed by atoms with van der Waals surface area (Å²) < 4.78 is 0. The summed E-state index contributed by atoms with van der Waals surface area (Å²) in [5.74, 6) is 0. The van der Waals surface area contributed by atoms with Crippen molar-refractivity contribution >= 4 is 6.03 Å². The van der Waals surface area contributed by atoms with E-state index >= 15 is 0 Å². The fraction of sp³-hybridized carbons (Fsp3) is 0.533. The number of rotatable bonds is 2. The van der Waals surface area contributed by atoms with Crippen LogP contribution in [0.2, 0.25) is 0 Å². The van der Waals surface area contributed by atoms with E-state index in [1.165, 1.54) is 0 Å². The lowest BCUT2D eigenvalue weighted by atomic mass is 10.0. The Morgan fingerprint density at radius 3 is 2.58 bits per heavy atom. The normalized spacial score (nSPS) is 19.2. The van der Waals surface area contributed by atoms with Gasteiger partial charge in [-0.05, 0) is 26.5 Å². The van der Waals surface area contributed by atoms with Crippen molar-refractivity contribution in [2.24, 2.45) is 0 Å². The highest BCUT2D eigenvalue weighted by atomic mass is 16.2. The van der Waals surface area contributed by atoms with Gasteiger partial charge in [0.25, 0.3) is 0 Å². The highest BCUT2D eigenvalue weighted by Gasteiger charge is 2.32. The predicted octanol–water partition coefficient (Wildman–Crippen LogP) is 1.92. The lowest BCUT2D eigenvalue weighted by Crippen LogP contribution is -2.60. The average Bonchev–Trinajstić information content (AvgIpc) is 2.40. The van der Waals surface area contributed by atoms with Crippen molar-refractivity contribution in [2.45, 2.75) is 25.9 Å². The largest absolute Gasteiger partial charge is 0.334 e. The molecule has 0 atom stereocenters. The van der Waals surface area contributed by atoms with E-state index in [1.807, 2.05) is 35.2 Å². The number of piperazine rings is 1. The van der Waals surface area contributed by atoms with Gasteiger partial charge >= 0.3 is 6.03 Å². The molecule has 2 rings (SSSR count). The Labute approximate surface area is 115 Å². The van der Waals surface area contributed by atoms with Crippen molar-refractivity contribution in [1.82, 2.24) is 15.1 Å². The molecule has 1 aliphatic heterocycles. The van der Waals surface area contributed by atoms with Gasteiger partial charge in [-0.3, -0.25) is 4.90 Å². The van der Waals surface area contributed by atoms with Gasteiger partial charge in [0.05, 0.1) is 0 Å². The summed E-state index contributed by atoms with van der Waals surface area (Å²) in [6.07, 6.45) is 0. The minimum absolute atomic E-state index is 0.0324. The fourth-order valence-electron chi connectivity index (χ4n) is 2.30. The summed E-state index contributed by atoms with van der Waals surface area (Å²) in [7, 11) is 2.11. The highest BCUT2D eigenvalue weighted by molar-refractivity contribution is 5.74. The number of urea groups is 1. The van der Waals surface area contributed by atoms with Crippen LogP contribution in [0, 0.1) is 0 Å². The van der Waals surface area contributed by atoms with Crippen molar-refractivity contribution < 1.29 is 4.79 Å². The molecule has 2 amide bonds. The molecule has 4 nitrogen and oxygen atoms in total. The first-order valence-electron chi connectivity index (χ1n) is 6.77. The van der Waals surface area contributed by atoms with Gasteiger partial charge in [0.15, 0.2) is 0 Å². The van der Waals surface area contributed by atoms with Gasteiger partial charge in [0.2, 0.25) is 0 Å². The molecule has 1 aliphatic rings. The smallest absolute Gasteiger partial charge is 0.317 e. The molecule has 0 unspecified atom stereocenters. The number of benzene rings is 1. The van der Waals surface area contributed by atoms with Crippen molar-refractivity contribution in [2.75, 3.05) is 26.7 Å². The average molecular weight is 261 g/mol. The molecule has 0 aliphatic carbocycles. The van der Waals surface area contributed by atoms with Crippen LogP contribution in [-0.2, 0) is 6.54 Å². The number of hydrogen-bond acceptors (Lipinski definition) is 2. The zero-order chi connectivity index (χ0) is 13.9. The maximum atomic E-state index is 12.2. The first-order valence-corrected chi connectivity index (χ1v) is 6.77. The second-order valence-corrected chi connectivity index (χ2v) is 5.80. The van der Waals surface area contributed by atoms with E-state index in [-0.39, 0.29) is 11.6 Å². The van der Waals surface area contributed by atoms with E-state index in [9.17, 15) is 4.79 Å². The summed E-state index contributed by atoms with van der Waals surface area (Å²) >= 11 is 0. The zero-order valence-corrected chi connectivity index (χ0v) is 12.0. The Morgan fingerprint density at radius 2 is 1.95 bits per heavy atom. The van der Waals surface area contributed by atoms with E-state index in [4.69, 9.17) is 0 Å². The highest BCUT2D eigenvalue weighted by Crippen LogP contribution is 2.18. The van der Waals surface area contributed by atoms with Crippen LogP contribution in [-0.4, -0.2) is 48.1 Å². The Morgan fingerprint density at radius 1 is 1.26 bits per heavy atom. The van der Waals surface area contributed by atoms with E-state index in [0.29, 0.717) is 6.54 Å². The predicted molar refractivity (Wildman–Crippen MR) is 77.0 cm³/mol. The Bertz CT molecular complexity index is 430. The van der Waals surface area contributed by atoms with Crippen LogP contribution >= 0.6 is 0 Å². The monoisotopic (exact) mass is 261 g/mol. The van der Waals surface area contributed by atoms with Crippen LogP contribution < -0.4 is 5.32 Å². The topological polar surface area (TPSA) is 35.6 Å². The minimum Gasteiger partial charge on any atom is -0.334 e. The summed E-state index contributed by atoms with van der Waals surface area (Å²) in [5.41, 5.74) is 1.17. The molecule has 0 saturated carbocycles. The molecule has 0 radical (unpaired) electrons. The van der Waals surface area contributed by atoms with Gasteiger partial charge in [-0.1, -0.05) is 30.3 Å². The third-order valence-electron chi connectivity index (χ3n) is 3.89. The van der Waals surface area contributed by atoms with Gasteiger partial charge in [0, 0.05) is 31.7 Å². The van der Waals surface area contributed by atoms with Crippen LogP contribution in [0.5, 0.6) is 0 Å². The minimum atomic E-state index is 0.0324. The number of carbonyl (C=O) groups is 1. The Balaban J connectivity index is 1.87. The van der Waals surface area contributed by atoms with Crippen LogP contribution in [0.15, 0.2) is 30.3 Å². The zero-order valence-electron chi connectivity index (χ0n) is 12.0. The third-order valence-corrected chi connectivity index (χ3v) is 3.89. The van der Waals surface area contributed by atoms with Gasteiger partial charge in [-0.25, -0.2) is 4.79 Å². The molecule has 19 heavy (non-hydrogen) atoms. The first kappa shape index (κ1) is 13.9. The van der Waals surface area contributed by atoms with Crippen LogP contribution in [0.3, 0.4) is 0 Å². The number of nitrogens with one attached hydrogen (secondary N) is 1. The third kappa shape index (κ3) is 3.47. The molecule has 1 aromatic rings. The molecule has 4 heteroatoms. The number of hydrogen-bond donors (Lipinski definition) is 1. The molecule has 1 fully saturated rings. The quantitative estimate of drug-likeness (QED) is 0.883. The van der Waals surface area contributed by atoms with Crippen molar-refractivity contribution in [3.63, 3.8) is 0 Å². The Kier molecular flexibility index (Phi) is 4.10. The standard InChI is InChI=1S/C15H23N3O/c1-15(2)12-18(10-9-17(15)3)14(19)16-11-13-7-5-4-6-8-13/h4-8H,9-12H2,1-3H3,(H,16,19). The second kappa shape index (κ2) is 5.61. The lowest BCUT2D eigenvalue weighted by Gasteiger charge is -2.45. The number of amides is 2. The molecular formula is C15H23N3O. The van der Waals surface area contributed by atoms with Gasteiger partial charge in [-0.2, -0.15) is 0 Å². The molecule has 0 aromatic heterocycles. The van der Waals surface area contributed by atoms with E-state index < -0.39 is 0 Å². The van der Waals surface area contributed by atoms with Gasteiger partial charge in [-0.15, -0.1) is 0 Å². The molecule has 1 saturated heterocycles. The van der Waals surface area contributed by atoms with Gasteiger partial charge in [0.1, 0.15) is 0 Å². The molecule has 1 aromatic carbocycles. The maximum absolute atomic E-state index is 12.2. The number of nitrogens with zero attached hydrogens (tertiary/aromatic N) is 2. The number of likely N-dealkylation sites (N-methyl/N-ethyl adjacent to an activating group) is 1. The molecule has 1 N–H and O–H groups in total. The van der Waals surface area contributed by atoms with Crippen molar-refractivity contribution in [3.05, 3.63) is 35.9 Å². The van der Waals surface area contributed by atoms with Crippen molar-refractivity contribution in [1.29, 1.82) is 0 Å². The molecule has 1 heterocycles. The summed E-state index contributed by atoms with van der Waals surface area (Å²) in [6.45, 7) is 7.41. The first-order chi connectivity index (χ1) is 8.99. The Hall–Kier alpha value is -1.55. The maximum Gasteiger partial charge on any atom is 0.317 e. The van der Waals surface area contributed by atoms with E-state index in [0.717, 1.165) is 25.2 Å². The fourth-order valence-corrected chi connectivity index (χ4v) is 2.30. The summed E-state index contributed by atoms with van der Waals surface area (Å²) in [5, 5.41) is 2.99. The molecule has 0 spiro atoms. The van der Waals surface area contributed by atoms with E-state index in [2.05, 4.69) is 31.1 Å². The summed E-state index contributed by atoms with van der Waals surface area (Å²) in [4.78, 5) is 16.4. The van der Waals surface area contributed by atoms with Crippen molar-refractivity contribution in [3.8, 4) is 0 Å².